The van der Waals surface area contributed by atoms with Crippen LogP contribution in [0.15, 0.2) is 36.4 Å². The lowest BCUT2D eigenvalue weighted by atomic mass is 9.90. The first-order chi connectivity index (χ1) is 17.5. The third kappa shape index (κ3) is 4.83. The van der Waals surface area contributed by atoms with E-state index in [0.717, 1.165) is 44.6 Å². The number of aromatic amines is 2. The third-order valence-electron chi connectivity index (χ3n) is 7.04. The minimum Gasteiger partial charge on any atom is -0.360 e. The molecule has 0 bridgehead atoms. The molecule has 8 nitrogen and oxygen atoms in total. The van der Waals surface area contributed by atoms with Gasteiger partial charge in [-0.25, -0.2) is 18.7 Å². The number of amides is 1. The van der Waals surface area contributed by atoms with Crippen LogP contribution in [0.2, 0.25) is 0 Å². The lowest BCUT2D eigenvalue weighted by molar-refractivity contribution is -0.139. The topological polar surface area (TPSA) is 98.9 Å². The van der Waals surface area contributed by atoms with Crippen LogP contribution in [0.5, 0.6) is 0 Å². The molecule has 2 aromatic heterocycles. The van der Waals surface area contributed by atoms with E-state index in [1.54, 1.807) is 18.2 Å². The zero-order valence-corrected chi connectivity index (χ0v) is 19.8. The van der Waals surface area contributed by atoms with Gasteiger partial charge in [0.1, 0.15) is 35.4 Å². The van der Waals surface area contributed by atoms with Gasteiger partial charge in [0.05, 0.1) is 17.6 Å². The van der Waals surface area contributed by atoms with E-state index < -0.39 is 11.9 Å². The highest BCUT2D eigenvalue weighted by Gasteiger charge is 2.35. The van der Waals surface area contributed by atoms with Gasteiger partial charge in [0.25, 0.3) is 0 Å². The number of H-pyrrole nitrogens is 2. The standard InChI is InChI=1S/C26H28F2N6O2/c27-17-3-1-5-19-23(17)32-21(30-19)13-34-11-9-15(10-12-34)25(26(35)29-16-7-8-16)36-14-22-31-20-6-2-4-18(28)24(20)33-22/h1-6,15-16,25H,7-14H2,(H,29,35)(H,30,32)(H,31,33)/t25-/m1/s1. The Hall–Kier alpha value is -3.37. The fraction of sp³-hybridized carbons (Fsp3) is 0.423. The van der Waals surface area contributed by atoms with Crippen molar-refractivity contribution in [2.75, 3.05) is 13.1 Å². The molecule has 3 N–H and O–H groups in total. The second-order valence-electron chi connectivity index (χ2n) is 9.77. The second kappa shape index (κ2) is 9.59. The molecular weight excluding hydrogens is 466 g/mol. The molecule has 188 valence electrons. The number of nitrogens with one attached hydrogen (secondary N) is 3. The van der Waals surface area contributed by atoms with E-state index in [4.69, 9.17) is 4.74 Å². The summed E-state index contributed by atoms with van der Waals surface area (Å²) in [6.45, 7) is 2.24. The smallest absolute Gasteiger partial charge is 0.249 e. The minimum absolute atomic E-state index is 0.0502. The van der Waals surface area contributed by atoms with Gasteiger partial charge in [-0.2, -0.15) is 0 Å². The van der Waals surface area contributed by atoms with E-state index in [2.05, 4.69) is 30.2 Å². The van der Waals surface area contributed by atoms with Crippen molar-refractivity contribution >= 4 is 28.0 Å². The van der Waals surface area contributed by atoms with Gasteiger partial charge >= 0.3 is 0 Å². The highest BCUT2D eigenvalue weighted by molar-refractivity contribution is 5.81. The number of nitrogens with zero attached hydrogens (tertiary/aromatic N) is 3. The van der Waals surface area contributed by atoms with Crippen LogP contribution >= 0.6 is 0 Å². The highest BCUT2D eigenvalue weighted by atomic mass is 19.1. The zero-order chi connectivity index (χ0) is 24.6. The van der Waals surface area contributed by atoms with Crippen molar-refractivity contribution in [1.82, 2.24) is 30.2 Å². The van der Waals surface area contributed by atoms with Crippen molar-refractivity contribution in [3.8, 4) is 0 Å². The summed E-state index contributed by atoms with van der Waals surface area (Å²) in [6, 6.07) is 9.89. The van der Waals surface area contributed by atoms with E-state index in [0.29, 0.717) is 28.9 Å². The fourth-order valence-electron chi connectivity index (χ4n) is 4.97. The number of aromatic nitrogens is 4. The maximum atomic E-state index is 14.0. The van der Waals surface area contributed by atoms with E-state index in [1.807, 2.05) is 6.07 Å². The molecule has 1 atom stereocenters. The maximum absolute atomic E-state index is 14.0. The quantitative estimate of drug-likeness (QED) is 0.346. The van der Waals surface area contributed by atoms with Gasteiger partial charge in [0, 0.05) is 6.04 Å². The Morgan fingerprint density at radius 2 is 1.58 bits per heavy atom. The number of hydrogen-bond donors (Lipinski definition) is 3. The molecule has 0 spiro atoms. The normalized spacial score (nSPS) is 18.2. The van der Waals surface area contributed by atoms with Crippen LogP contribution in [0.4, 0.5) is 8.78 Å². The van der Waals surface area contributed by atoms with E-state index in [-0.39, 0.29) is 35.8 Å². The Labute approximate surface area is 206 Å². The van der Waals surface area contributed by atoms with Gasteiger partial charge in [0.2, 0.25) is 5.91 Å². The van der Waals surface area contributed by atoms with Gasteiger partial charge in [-0.15, -0.1) is 0 Å². The summed E-state index contributed by atoms with van der Waals surface area (Å²) in [7, 11) is 0. The Morgan fingerprint density at radius 1 is 0.972 bits per heavy atom. The van der Waals surface area contributed by atoms with Crippen molar-refractivity contribution in [2.24, 2.45) is 5.92 Å². The molecule has 1 aliphatic heterocycles. The van der Waals surface area contributed by atoms with Crippen molar-refractivity contribution in [3.63, 3.8) is 0 Å². The monoisotopic (exact) mass is 494 g/mol. The summed E-state index contributed by atoms with van der Waals surface area (Å²) >= 11 is 0. The van der Waals surface area contributed by atoms with E-state index in [9.17, 15) is 13.6 Å². The molecule has 0 radical (unpaired) electrons. The van der Waals surface area contributed by atoms with Crippen molar-refractivity contribution in [1.29, 1.82) is 0 Å². The summed E-state index contributed by atoms with van der Waals surface area (Å²) in [5.74, 6) is 0.458. The fourth-order valence-corrected chi connectivity index (χ4v) is 4.97. The maximum Gasteiger partial charge on any atom is 0.249 e. The third-order valence-corrected chi connectivity index (χ3v) is 7.04. The molecule has 6 rings (SSSR count). The molecule has 10 heteroatoms. The molecule has 4 aromatic rings. The molecule has 0 unspecified atom stereocenters. The van der Waals surface area contributed by atoms with Crippen LogP contribution in [0.1, 0.15) is 37.3 Å². The number of fused-ring (bicyclic) bond motifs is 2. The number of imidazole rings is 2. The number of piperidine rings is 1. The highest BCUT2D eigenvalue weighted by Crippen LogP contribution is 2.27. The Bertz CT molecular complexity index is 1390. The predicted molar refractivity (Wildman–Crippen MR) is 130 cm³/mol. The second-order valence-corrected chi connectivity index (χ2v) is 9.77. The molecule has 1 aliphatic carbocycles. The van der Waals surface area contributed by atoms with Crippen LogP contribution < -0.4 is 5.32 Å². The number of halogens is 2. The molecule has 1 amide bonds. The lowest BCUT2D eigenvalue weighted by Crippen LogP contribution is -2.46. The van der Waals surface area contributed by atoms with Crippen molar-refractivity contribution in [2.45, 2.75) is 51.0 Å². The van der Waals surface area contributed by atoms with Gasteiger partial charge in [-0.05, 0) is 69.0 Å². The van der Waals surface area contributed by atoms with Crippen LogP contribution in [0, 0.1) is 17.6 Å². The van der Waals surface area contributed by atoms with E-state index >= 15 is 0 Å². The molecular formula is C26H28F2N6O2. The van der Waals surface area contributed by atoms with Gasteiger partial charge < -0.3 is 20.0 Å². The molecule has 2 fully saturated rings. The van der Waals surface area contributed by atoms with Gasteiger partial charge in [0.15, 0.2) is 11.6 Å². The van der Waals surface area contributed by atoms with Crippen molar-refractivity contribution in [3.05, 3.63) is 59.7 Å². The first-order valence-electron chi connectivity index (χ1n) is 12.4. The summed E-state index contributed by atoms with van der Waals surface area (Å²) in [5, 5.41) is 3.08. The van der Waals surface area contributed by atoms with E-state index in [1.165, 1.54) is 12.1 Å². The molecule has 1 saturated heterocycles. The molecule has 2 aromatic carbocycles. The molecule has 36 heavy (non-hydrogen) atoms. The van der Waals surface area contributed by atoms with Crippen molar-refractivity contribution < 1.29 is 18.3 Å². The number of ether oxygens (including phenoxy) is 1. The summed E-state index contributed by atoms with van der Waals surface area (Å²) in [5.41, 5.74) is 1.92. The summed E-state index contributed by atoms with van der Waals surface area (Å²) < 4.78 is 34.1. The number of hydrogen-bond acceptors (Lipinski definition) is 5. The Morgan fingerprint density at radius 3 is 2.19 bits per heavy atom. The van der Waals surface area contributed by atoms with Crippen LogP contribution in [-0.2, 0) is 22.7 Å². The van der Waals surface area contributed by atoms with Crippen LogP contribution in [0.25, 0.3) is 22.1 Å². The number of benzene rings is 2. The zero-order valence-electron chi connectivity index (χ0n) is 19.8. The number of carbonyl (C=O) groups is 1. The van der Waals surface area contributed by atoms with Crippen LogP contribution in [-0.4, -0.2) is 56.0 Å². The Balaban J connectivity index is 1.10. The first kappa shape index (κ1) is 23.1. The summed E-state index contributed by atoms with van der Waals surface area (Å²) in [6.07, 6.45) is 2.96. The average molecular weight is 495 g/mol. The number of likely N-dealkylation sites (tertiary alicyclic amines) is 1. The lowest BCUT2D eigenvalue weighted by Gasteiger charge is -2.35. The van der Waals surface area contributed by atoms with Gasteiger partial charge in [-0.3, -0.25) is 9.69 Å². The number of rotatable bonds is 8. The van der Waals surface area contributed by atoms with Crippen LogP contribution in [0.3, 0.4) is 0 Å². The average Bonchev–Trinajstić information content (AvgIpc) is 3.41. The predicted octanol–water partition coefficient (Wildman–Crippen LogP) is 3.79. The summed E-state index contributed by atoms with van der Waals surface area (Å²) in [4.78, 5) is 30.3. The largest absolute Gasteiger partial charge is 0.360 e. The minimum atomic E-state index is -0.605. The SMILES string of the molecule is O=C(NC1CC1)[C@H](OCc1nc2c(F)cccc2[nH]1)C1CCN(Cc2nc3c(F)cccc3[nH]2)CC1. The number of para-hydroxylation sites is 2. The Kier molecular flexibility index (Phi) is 6.14. The number of carbonyl (C=O) groups excluding carboxylic acids is 1. The molecule has 3 heterocycles. The molecule has 2 aliphatic rings. The van der Waals surface area contributed by atoms with Gasteiger partial charge in [-0.1, -0.05) is 12.1 Å². The first-order valence-corrected chi connectivity index (χ1v) is 12.4. The molecule has 1 saturated carbocycles.